The molecule has 1 N–H and O–H groups in total. The lowest BCUT2D eigenvalue weighted by Gasteiger charge is -2.34. The molecule has 0 saturated heterocycles. The second kappa shape index (κ2) is 15.6. The standard InChI is InChI=1S/C32H48N2O5/c1-9-10-11-12-24-17-29(37-6)30(38-7)18-25(24)15-16-34(4)21-27(35)20-32(22-33,23(2)3)26-13-14-28(36-5)31(19-26)39-8/h13-14,17-19,23,27,35H,9-12,15-16,20-21H2,1-8H3. The lowest BCUT2D eigenvalue weighted by atomic mass is 9.69. The third-order valence-electron chi connectivity index (χ3n) is 7.68. The van der Waals surface area contributed by atoms with Crippen molar-refractivity contribution in [1.82, 2.24) is 4.90 Å². The summed E-state index contributed by atoms with van der Waals surface area (Å²) in [5, 5.41) is 21.6. The van der Waals surface area contributed by atoms with Crippen molar-refractivity contribution in [2.45, 2.75) is 70.8 Å². The number of nitriles is 1. The topological polar surface area (TPSA) is 84.2 Å². The summed E-state index contributed by atoms with van der Waals surface area (Å²) in [5.74, 6) is 2.67. The highest BCUT2D eigenvalue weighted by Gasteiger charge is 2.39. The Morgan fingerprint density at radius 2 is 1.44 bits per heavy atom. The van der Waals surface area contributed by atoms with Gasteiger partial charge in [-0.05, 0) is 79.6 Å². The van der Waals surface area contributed by atoms with Crippen molar-refractivity contribution < 1.29 is 24.1 Å². The second-order valence-electron chi connectivity index (χ2n) is 10.6. The monoisotopic (exact) mass is 540 g/mol. The summed E-state index contributed by atoms with van der Waals surface area (Å²) in [6.07, 6.45) is 4.96. The molecule has 2 unspecified atom stereocenters. The molecular formula is C32H48N2O5. The van der Waals surface area contributed by atoms with Gasteiger partial charge in [-0.25, -0.2) is 0 Å². The largest absolute Gasteiger partial charge is 0.493 e. The summed E-state index contributed by atoms with van der Waals surface area (Å²) in [4.78, 5) is 2.13. The molecule has 0 bridgehead atoms. The van der Waals surface area contributed by atoms with E-state index in [0.717, 1.165) is 42.9 Å². The number of likely N-dealkylation sites (N-methyl/N-ethyl adjacent to an activating group) is 1. The van der Waals surface area contributed by atoms with Gasteiger partial charge in [-0.2, -0.15) is 5.26 Å². The predicted octanol–water partition coefficient (Wildman–Crippen LogP) is 5.80. The zero-order valence-corrected chi connectivity index (χ0v) is 25.2. The molecule has 0 saturated carbocycles. The quantitative estimate of drug-likeness (QED) is 0.254. The van der Waals surface area contributed by atoms with E-state index in [2.05, 4.69) is 30.0 Å². The van der Waals surface area contributed by atoms with Gasteiger partial charge in [-0.3, -0.25) is 0 Å². The minimum atomic E-state index is -0.865. The fourth-order valence-corrected chi connectivity index (χ4v) is 5.23. The van der Waals surface area contributed by atoms with E-state index in [4.69, 9.17) is 18.9 Å². The smallest absolute Gasteiger partial charge is 0.161 e. The van der Waals surface area contributed by atoms with Crippen molar-refractivity contribution in [2.24, 2.45) is 5.92 Å². The van der Waals surface area contributed by atoms with Crippen LogP contribution in [0.1, 0.15) is 63.1 Å². The number of ether oxygens (including phenoxy) is 4. The number of aryl methyl sites for hydroxylation is 1. The fraction of sp³-hybridized carbons (Fsp3) is 0.594. The molecule has 39 heavy (non-hydrogen) atoms. The van der Waals surface area contributed by atoms with Crippen LogP contribution in [-0.2, 0) is 18.3 Å². The molecular weight excluding hydrogens is 492 g/mol. The highest BCUT2D eigenvalue weighted by Crippen LogP contribution is 2.40. The first-order valence-electron chi connectivity index (χ1n) is 13.9. The zero-order chi connectivity index (χ0) is 29.0. The number of hydrogen-bond acceptors (Lipinski definition) is 7. The molecule has 0 spiro atoms. The van der Waals surface area contributed by atoms with Crippen molar-refractivity contribution in [3.8, 4) is 29.1 Å². The van der Waals surface area contributed by atoms with Gasteiger partial charge in [-0.1, -0.05) is 39.7 Å². The van der Waals surface area contributed by atoms with Crippen LogP contribution in [0.15, 0.2) is 30.3 Å². The van der Waals surface area contributed by atoms with Crippen LogP contribution < -0.4 is 18.9 Å². The zero-order valence-electron chi connectivity index (χ0n) is 25.2. The van der Waals surface area contributed by atoms with E-state index >= 15 is 0 Å². The van der Waals surface area contributed by atoms with Crippen molar-refractivity contribution in [3.63, 3.8) is 0 Å². The Morgan fingerprint density at radius 3 is 1.95 bits per heavy atom. The number of aliphatic hydroxyl groups excluding tert-OH is 1. The average molecular weight is 541 g/mol. The van der Waals surface area contributed by atoms with Gasteiger partial charge < -0.3 is 29.0 Å². The number of aliphatic hydroxyl groups is 1. The van der Waals surface area contributed by atoms with Gasteiger partial charge in [0.1, 0.15) is 0 Å². The first kappa shape index (κ1) is 32.3. The number of rotatable bonds is 17. The molecule has 2 aromatic carbocycles. The lowest BCUT2D eigenvalue weighted by Crippen LogP contribution is -2.39. The Labute approximate surface area is 235 Å². The molecule has 2 aromatic rings. The van der Waals surface area contributed by atoms with Crippen LogP contribution >= 0.6 is 0 Å². The van der Waals surface area contributed by atoms with Gasteiger partial charge in [0.15, 0.2) is 23.0 Å². The maximum absolute atomic E-state index is 11.2. The van der Waals surface area contributed by atoms with E-state index < -0.39 is 11.5 Å². The highest BCUT2D eigenvalue weighted by molar-refractivity contribution is 5.48. The molecule has 0 radical (unpaired) electrons. The Kier molecular flexibility index (Phi) is 12.9. The Hall–Kier alpha value is -2.95. The molecule has 0 aliphatic heterocycles. The van der Waals surface area contributed by atoms with Gasteiger partial charge in [0.25, 0.3) is 0 Å². The average Bonchev–Trinajstić information content (AvgIpc) is 2.94. The molecule has 0 heterocycles. The molecule has 216 valence electrons. The van der Waals surface area contributed by atoms with E-state index in [1.165, 1.54) is 24.0 Å². The first-order valence-corrected chi connectivity index (χ1v) is 13.9. The number of benzene rings is 2. The van der Waals surface area contributed by atoms with Gasteiger partial charge in [0.2, 0.25) is 0 Å². The van der Waals surface area contributed by atoms with Crippen LogP contribution in [0.4, 0.5) is 0 Å². The van der Waals surface area contributed by atoms with Crippen LogP contribution in [0.2, 0.25) is 0 Å². The minimum absolute atomic E-state index is 0.0157. The van der Waals surface area contributed by atoms with Gasteiger partial charge in [-0.15, -0.1) is 0 Å². The van der Waals surface area contributed by atoms with Crippen molar-refractivity contribution in [1.29, 1.82) is 5.26 Å². The van der Waals surface area contributed by atoms with E-state index in [0.29, 0.717) is 24.5 Å². The summed E-state index contributed by atoms with van der Waals surface area (Å²) in [5.41, 5.74) is 2.48. The third kappa shape index (κ3) is 8.27. The van der Waals surface area contributed by atoms with Crippen LogP contribution in [-0.4, -0.2) is 64.7 Å². The van der Waals surface area contributed by atoms with Crippen LogP contribution in [0.3, 0.4) is 0 Å². The van der Waals surface area contributed by atoms with E-state index in [-0.39, 0.29) is 5.92 Å². The number of unbranched alkanes of at least 4 members (excludes halogenated alkanes) is 2. The number of hydrogen-bond donors (Lipinski definition) is 1. The molecule has 0 fully saturated rings. The van der Waals surface area contributed by atoms with Crippen LogP contribution in [0.25, 0.3) is 0 Å². The van der Waals surface area contributed by atoms with Crippen molar-refractivity contribution in [2.75, 3.05) is 48.6 Å². The summed E-state index contributed by atoms with van der Waals surface area (Å²) in [7, 11) is 8.52. The highest BCUT2D eigenvalue weighted by atomic mass is 16.5. The summed E-state index contributed by atoms with van der Waals surface area (Å²) in [6.45, 7) is 7.48. The minimum Gasteiger partial charge on any atom is -0.493 e. The Balaban J connectivity index is 2.17. The Bertz CT molecular complexity index is 1080. The molecule has 0 amide bonds. The first-order chi connectivity index (χ1) is 18.7. The Morgan fingerprint density at radius 1 is 0.872 bits per heavy atom. The second-order valence-corrected chi connectivity index (χ2v) is 10.6. The molecule has 2 rings (SSSR count). The molecule has 0 aliphatic carbocycles. The van der Waals surface area contributed by atoms with E-state index in [9.17, 15) is 10.4 Å². The van der Waals surface area contributed by atoms with Gasteiger partial charge >= 0.3 is 0 Å². The number of nitrogens with zero attached hydrogens (tertiary/aromatic N) is 2. The number of methoxy groups -OCH3 is 4. The molecule has 0 aliphatic rings. The molecule has 2 atom stereocenters. The van der Waals surface area contributed by atoms with Crippen molar-refractivity contribution in [3.05, 3.63) is 47.0 Å². The summed E-state index contributed by atoms with van der Waals surface area (Å²) < 4.78 is 22.0. The fourth-order valence-electron chi connectivity index (χ4n) is 5.23. The summed E-state index contributed by atoms with van der Waals surface area (Å²) >= 11 is 0. The normalized spacial score (nSPS) is 13.6. The molecule has 7 nitrogen and oxygen atoms in total. The maximum atomic E-state index is 11.2. The lowest BCUT2D eigenvalue weighted by molar-refractivity contribution is 0.0933. The van der Waals surface area contributed by atoms with Crippen molar-refractivity contribution >= 4 is 0 Å². The SMILES string of the molecule is CCCCCc1cc(OC)c(OC)cc1CCN(C)CC(O)CC(C#N)(c1ccc(OC)c(OC)c1)C(C)C. The van der Waals surface area contributed by atoms with Crippen LogP contribution in [0.5, 0.6) is 23.0 Å². The molecule has 7 heteroatoms. The predicted molar refractivity (Wildman–Crippen MR) is 156 cm³/mol. The van der Waals surface area contributed by atoms with Gasteiger partial charge in [0, 0.05) is 13.1 Å². The molecule has 0 aromatic heterocycles. The van der Waals surface area contributed by atoms with Gasteiger partial charge in [0.05, 0.1) is 46.0 Å². The van der Waals surface area contributed by atoms with E-state index in [1.54, 1.807) is 28.4 Å². The maximum Gasteiger partial charge on any atom is 0.161 e. The third-order valence-corrected chi connectivity index (χ3v) is 7.68. The summed E-state index contributed by atoms with van der Waals surface area (Å²) in [6, 6.07) is 12.3. The van der Waals surface area contributed by atoms with Crippen LogP contribution in [0, 0.1) is 17.2 Å². The van der Waals surface area contributed by atoms with E-state index in [1.807, 2.05) is 39.1 Å².